The summed E-state index contributed by atoms with van der Waals surface area (Å²) in [7, 11) is 0. The minimum absolute atomic E-state index is 0.179. The zero-order valence-corrected chi connectivity index (χ0v) is 5.63. The number of nitrogens with one attached hydrogen (secondary N) is 1. The molecule has 0 radical (unpaired) electrons. The van der Waals surface area contributed by atoms with Gasteiger partial charge in [0.05, 0.1) is 0 Å². The number of H-pyrrole nitrogens is 1. The Balaban J connectivity index is 2.99. The molecule has 3 heteroatoms. The van der Waals surface area contributed by atoms with Gasteiger partial charge in [-0.15, -0.1) is 0 Å². The summed E-state index contributed by atoms with van der Waals surface area (Å²) in [5.41, 5.74) is 0.443. The lowest BCUT2D eigenvalue weighted by atomic mass is 10.3. The molecule has 0 fully saturated rings. The topological polar surface area (TPSA) is 49.9 Å². The van der Waals surface area contributed by atoms with Crippen LogP contribution in [0.3, 0.4) is 0 Å². The fraction of sp³-hybridized carbons (Fsp3) is 0. The van der Waals surface area contributed by atoms with Crippen molar-refractivity contribution in [2.45, 2.75) is 0 Å². The Morgan fingerprint density at radius 1 is 1.45 bits per heavy atom. The molecule has 0 aliphatic heterocycles. The van der Waals surface area contributed by atoms with Crippen LogP contribution in [0.15, 0.2) is 23.1 Å². The van der Waals surface area contributed by atoms with Crippen molar-refractivity contribution in [2.24, 2.45) is 0 Å². The number of aromatic amines is 1. The zero-order chi connectivity index (χ0) is 8.10. The first kappa shape index (κ1) is 7.29. The highest BCUT2D eigenvalue weighted by Crippen LogP contribution is 1.87. The molecule has 1 N–H and O–H groups in total. The van der Waals surface area contributed by atoms with Crippen LogP contribution >= 0.6 is 0 Å². The molecule has 0 spiro atoms. The maximum atomic E-state index is 10.5. The van der Waals surface area contributed by atoms with Crippen LogP contribution in [-0.4, -0.2) is 11.3 Å². The molecule has 3 nitrogen and oxygen atoms in total. The van der Waals surface area contributed by atoms with Crippen molar-refractivity contribution < 1.29 is 4.79 Å². The van der Waals surface area contributed by atoms with Gasteiger partial charge in [0.1, 0.15) is 0 Å². The number of carbonyl (C=O) groups is 1. The highest BCUT2D eigenvalue weighted by Gasteiger charge is 1.83. The van der Waals surface area contributed by atoms with Crippen molar-refractivity contribution in [1.82, 2.24) is 4.98 Å². The van der Waals surface area contributed by atoms with Gasteiger partial charge in [-0.05, 0) is 12.0 Å². The van der Waals surface area contributed by atoms with Crippen molar-refractivity contribution >= 4 is 6.29 Å². The molecule has 1 rings (SSSR count). The van der Waals surface area contributed by atoms with E-state index in [9.17, 15) is 9.59 Å². The minimum Gasteiger partial charge on any atom is -0.328 e. The highest BCUT2D eigenvalue weighted by molar-refractivity contribution is 5.73. The molecule has 0 aliphatic carbocycles. The van der Waals surface area contributed by atoms with Gasteiger partial charge in [-0.25, -0.2) is 0 Å². The summed E-state index contributed by atoms with van der Waals surface area (Å²) in [6.07, 6.45) is 1.96. The molecule has 0 amide bonds. The summed E-state index contributed by atoms with van der Waals surface area (Å²) < 4.78 is 0. The molecule has 11 heavy (non-hydrogen) atoms. The fourth-order valence-corrected chi connectivity index (χ4v) is 0.601. The number of carbonyl (C=O) groups excluding carboxylic acids is 1. The van der Waals surface area contributed by atoms with E-state index >= 15 is 0 Å². The number of hydrogen-bond acceptors (Lipinski definition) is 2. The molecule has 0 saturated heterocycles. The summed E-state index contributed by atoms with van der Waals surface area (Å²) in [5, 5.41) is 0. The predicted octanol–water partition coefficient (Wildman–Crippen LogP) is -0.0747. The third-order valence-electron chi connectivity index (χ3n) is 1.06. The SMILES string of the molecule is O=CC#Cc1ccc(=O)[nH]c1. The van der Waals surface area contributed by atoms with Crippen molar-refractivity contribution in [3.63, 3.8) is 0 Å². The van der Waals surface area contributed by atoms with Crippen LogP contribution < -0.4 is 5.56 Å². The quantitative estimate of drug-likeness (QED) is 0.412. The third kappa shape index (κ3) is 2.11. The van der Waals surface area contributed by atoms with E-state index in [4.69, 9.17) is 0 Å². The molecule has 0 saturated carbocycles. The van der Waals surface area contributed by atoms with Crippen molar-refractivity contribution in [2.75, 3.05) is 0 Å². The van der Waals surface area contributed by atoms with Gasteiger partial charge in [-0.1, -0.05) is 5.92 Å². The van der Waals surface area contributed by atoms with E-state index in [1.165, 1.54) is 12.3 Å². The average molecular weight is 147 g/mol. The molecule has 0 aromatic carbocycles. The zero-order valence-electron chi connectivity index (χ0n) is 5.63. The van der Waals surface area contributed by atoms with E-state index in [1.54, 1.807) is 6.07 Å². The standard InChI is InChI=1S/C8H5NO2/c10-5-1-2-7-3-4-8(11)9-6-7/h3-6H,(H,9,11). The van der Waals surface area contributed by atoms with Gasteiger partial charge in [0.2, 0.25) is 5.56 Å². The first-order valence-electron chi connectivity index (χ1n) is 2.97. The van der Waals surface area contributed by atoms with E-state index in [1.807, 2.05) is 0 Å². The maximum Gasteiger partial charge on any atom is 0.247 e. The molecular formula is C8H5NO2. The van der Waals surface area contributed by atoms with Crippen LogP contribution in [0, 0.1) is 11.8 Å². The van der Waals surface area contributed by atoms with Crippen LogP contribution in [0.2, 0.25) is 0 Å². The molecule has 0 aliphatic rings. The van der Waals surface area contributed by atoms with E-state index in [0.717, 1.165) is 0 Å². The van der Waals surface area contributed by atoms with E-state index < -0.39 is 0 Å². The van der Waals surface area contributed by atoms with Crippen LogP contribution in [0.1, 0.15) is 5.56 Å². The molecule has 0 unspecified atom stereocenters. The smallest absolute Gasteiger partial charge is 0.247 e. The van der Waals surface area contributed by atoms with Gasteiger partial charge in [0, 0.05) is 17.8 Å². The lowest BCUT2D eigenvalue weighted by Gasteiger charge is -1.84. The van der Waals surface area contributed by atoms with Crippen LogP contribution in [-0.2, 0) is 4.79 Å². The lowest BCUT2D eigenvalue weighted by molar-refractivity contribution is -0.103. The molecule has 0 bridgehead atoms. The van der Waals surface area contributed by atoms with E-state index in [0.29, 0.717) is 11.8 Å². The highest BCUT2D eigenvalue weighted by atomic mass is 16.1. The predicted molar refractivity (Wildman–Crippen MR) is 40.0 cm³/mol. The second kappa shape index (κ2) is 3.37. The monoisotopic (exact) mass is 147 g/mol. The summed E-state index contributed by atoms with van der Waals surface area (Å²) >= 11 is 0. The lowest BCUT2D eigenvalue weighted by Crippen LogP contribution is -2.01. The summed E-state index contributed by atoms with van der Waals surface area (Å²) in [6, 6.07) is 2.91. The van der Waals surface area contributed by atoms with Gasteiger partial charge >= 0.3 is 0 Å². The van der Waals surface area contributed by atoms with E-state index in [-0.39, 0.29) is 5.56 Å². The number of aldehydes is 1. The molecular weight excluding hydrogens is 142 g/mol. The normalized spacial score (nSPS) is 8.00. The van der Waals surface area contributed by atoms with Gasteiger partial charge in [-0.3, -0.25) is 9.59 Å². The molecule has 54 valence electrons. The Morgan fingerprint density at radius 2 is 2.27 bits per heavy atom. The van der Waals surface area contributed by atoms with Gasteiger partial charge in [-0.2, -0.15) is 0 Å². The Kier molecular flexibility index (Phi) is 2.24. The Hall–Kier alpha value is -1.82. The number of aromatic nitrogens is 1. The molecule has 1 heterocycles. The Labute approximate surface area is 63.1 Å². The molecule has 1 aromatic heterocycles. The van der Waals surface area contributed by atoms with Crippen LogP contribution in [0.25, 0.3) is 0 Å². The van der Waals surface area contributed by atoms with Gasteiger partial charge in [0.15, 0.2) is 6.29 Å². The first-order valence-corrected chi connectivity index (χ1v) is 2.97. The number of pyridine rings is 1. The average Bonchev–Trinajstić information content (AvgIpc) is 2.04. The van der Waals surface area contributed by atoms with Crippen molar-refractivity contribution in [3.8, 4) is 11.8 Å². The number of rotatable bonds is 0. The Morgan fingerprint density at radius 3 is 2.82 bits per heavy atom. The van der Waals surface area contributed by atoms with Gasteiger partial charge < -0.3 is 4.98 Å². The third-order valence-corrected chi connectivity index (χ3v) is 1.06. The van der Waals surface area contributed by atoms with E-state index in [2.05, 4.69) is 16.8 Å². The van der Waals surface area contributed by atoms with Gasteiger partial charge in [0.25, 0.3) is 0 Å². The largest absolute Gasteiger partial charge is 0.328 e. The molecule has 0 atom stereocenters. The van der Waals surface area contributed by atoms with Crippen molar-refractivity contribution in [3.05, 3.63) is 34.2 Å². The summed E-state index contributed by atoms with van der Waals surface area (Å²) in [6.45, 7) is 0. The fourth-order valence-electron chi connectivity index (χ4n) is 0.601. The summed E-state index contributed by atoms with van der Waals surface area (Å²) in [5.74, 6) is 4.76. The second-order valence-electron chi connectivity index (χ2n) is 1.83. The van der Waals surface area contributed by atoms with Crippen molar-refractivity contribution in [1.29, 1.82) is 0 Å². The van der Waals surface area contributed by atoms with Crippen LogP contribution in [0.5, 0.6) is 0 Å². The number of hydrogen-bond donors (Lipinski definition) is 1. The molecule has 1 aromatic rings. The van der Waals surface area contributed by atoms with Crippen LogP contribution in [0.4, 0.5) is 0 Å². The maximum absolute atomic E-state index is 10.5. The Bertz CT molecular complexity index is 347. The first-order chi connectivity index (χ1) is 5.33. The summed E-state index contributed by atoms with van der Waals surface area (Å²) in [4.78, 5) is 22.8. The second-order valence-corrected chi connectivity index (χ2v) is 1.83. The minimum atomic E-state index is -0.179.